The van der Waals surface area contributed by atoms with Gasteiger partial charge in [-0.3, -0.25) is 9.36 Å². The third kappa shape index (κ3) is 5.25. The van der Waals surface area contributed by atoms with E-state index in [9.17, 15) is 4.79 Å². The zero-order chi connectivity index (χ0) is 19.2. The SMILES string of the molecule is Cc1nnc(SCC(=O)NCCc2ccc(Cl)cc2Cl)n1-c1ccccc1. The molecule has 1 amide bonds. The second kappa shape index (κ2) is 9.26. The maximum absolute atomic E-state index is 12.2. The summed E-state index contributed by atoms with van der Waals surface area (Å²) in [4.78, 5) is 12.2. The van der Waals surface area contributed by atoms with E-state index in [2.05, 4.69) is 15.5 Å². The van der Waals surface area contributed by atoms with E-state index in [0.29, 0.717) is 28.2 Å². The Morgan fingerprint density at radius 3 is 2.67 bits per heavy atom. The Balaban J connectivity index is 1.53. The number of carbonyl (C=O) groups excluding carboxylic acids is 1. The Labute approximate surface area is 172 Å². The molecule has 1 N–H and O–H groups in total. The fraction of sp³-hybridized carbons (Fsp3) is 0.211. The summed E-state index contributed by atoms with van der Waals surface area (Å²) < 4.78 is 1.94. The van der Waals surface area contributed by atoms with Crippen LogP contribution in [0, 0.1) is 6.92 Å². The predicted octanol–water partition coefficient (Wildman–Crippen LogP) is 4.33. The Morgan fingerprint density at radius 1 is 1.15 bits per heavy atom. The van der Waals surface area contributed by atoms with Crippen molar-refractivity contribution in [3.8, 4) is 5.69 Å². The molecule has 0 aliphatic heterocycles. The lowest BCUT2D eigenvalue weighted by Crippen LogP contribution is -2.27. The van der Waals surface area contributed by atoms with Crippen molar-refractivity contribution in [3.05, 3.63) is 70.0 Å². The second-order valence-electron chi connectivity index (χ2n) is 5.83. The van der Waals surface area contributed by atoms with Gasteiger partial charge in [0.15, 0.2) is 5.16 Å². The molecule has 2 aromatic carbocycles. The molecule has 3 rings (SSSR count). The zero-order valence-corrected chi connectivity index (χ0v) is 17.0. The van der Waals surface area contributed by atoms with Crippen molar-refractivity contribution in [1.29, 1.82) is 0 Å². The van der Waals surface area contributed by atoms with Crippen LogP contribution in [0.4, 0.5) is 0 Å². The van der Waals surface area contributed by atoms with Gasteiger partial charge >= 0.3 is 0 Å². The van der Waals surface area contributed by atoms with Gasteiger partial charge in [0.2, 0.25) is 5.91 Å². The predicted molar refractivity (Wildman–Crippen MR) is 110 cm³/mol. The summed E-state index contributed by atoms with van der Waals surface area (Å²) in [6, 6.07) is 15.2. The largest absolute Gasteiger partial charge is 0.355 e. The van der Waals surface area contributed by atoms with Crippen LogP contribution in [0.5, 0.6) is 0 Å². The third-order valence-electron chi connectivity index (χ3n) is 3.87. The summed E-state index contributed by atoms with van der Waals surface area (Å²) in [5, 5.41) is 13.1. The van der Waals surface area contributed by atoms with E-state index in [-0.39, 0.29) is 11.7 Å². The van der Waals surface area contributed by atoms with Gasteiger partial charge in [-0.2, -0.15) is 0 Å². The summed E-state index contributed by atoms with van der Waals surface area (Å²) in [5.41, 5.74) is 1.92. The van der Waals surface area contributed by atoms with Crippen molar-refractivity contribution in [1.82, 2.24) is 20.1 Å². The molecule has 0 aliphatic carbocycles. The summed E-state index contributed by atoms with van der Waals surface area (Å²) in [7, 11) is 0. The molecule has 0 spiro atoms. The minimum absolute atomic E-state index is 0.0645. The molecule has 5 nitrogen and oxygen atoms in total. The van der Waals surface area contributed by atoms with Crippen LogP contribution in [0.2, 0.25) is 10.0 Å². The van der Waals surface area contributed by atoms with E-state index in [1.165, 1.54) is 11.8 Å². The van der Waals surface area contributed by atoms with Crippen molar-refractivity contribution in [2.75, 3.05) is 12.3 Å². The van der Waals surface area contributed by atoms with E-state index in [0.717, 1.165) is 17.1 Å². The first-order valence-corrected chi connectivity index (χ1v) is 10.1. The molecular weight excluding hydrogens is 403 g/mol. The minimum Gasteiger partial charge on any atom is -0.355 e. The van der Waals surface area contributed by atoms with Crippen LogP contribution < -0.4 is 5.32 Å². The highest BCUT2D eigenvalue weighted by molar-refractivity contribution is 7.99. The van der Waals surface area contributed by atoms with Gasteiger partial charge in [-0.25, -0.2) is 0 Å². The standard InChI is InChI=1S/C19H18Cl2N4OS/c1-13-23-24-19(25(13)16-5-3-2-4-6-16)27-12-18(26)22-10-9-14-7-8-15(20)11-17(14)21/h2-8,11H,9-10,12H2,1H3,(H,22,26). The number of carbonyl (C=O) groups is 1. The van der Waals surface area contributed by atoms with Crippen molar-refractivity contribution in [3.63, 3.8) is 0 Å². The number of nitrogens with one attached hydrogen (secondary N) is 1. The highest BCUT2D eigenvalue weighted by Gasteiger charge is 2.13. The molecule has 1 heterocycles. The van der Waals surface area contributed by atoms with Gasteiger partial charge in [0.25, 0.3) is 0 Å². The lowest BCUT2D eigenvalue weighted by Gasteiger charge is -2.09. The number of nitrogens with zero attached hydrogens (tertiary/aromatic N) is 3. The number of amides is 1. The molecule has 3 aromatic rings. The molecule has 0 radical (unpaired) electrons. The number of rotatable bonds is 7. The van der Waals surface area contributed by atoms with Crippen molar-refractivity contribution >= 4 is 40.9 Å². The summed E-state index contributed by atoms with van der Waals surface area (Å²) in [6.07, 6.45) is 0.645. The maximum Gasteiger partial charge on any atom is 0.230 e. The normalized spacial score (nSPS) is 10.8. The molecule has 0 fully saturated rings. The van der Waals surface area contributed by atoms with Gasteiger partial charge in [0.1, 0.15) is 5.82 Å². The van der Waals surface area contributed by atoms with E-state index in [4.69, 9.17) is 23.2 Å². The Kier molecular flexibility index (Phi) is 6.77. The Morgan fingerprint density at radius 2 is 1.93 bits per heavy atom. The van der Waals surface area contributed by atoms with Gasteiger partial charge in [-0.15, -0.1) is 10.2 Å². The number of hydrogen-bond donors (Lipinski definition) is 1. The van der Waals surface area contributed by atoms with Crippen LogP contribution in [0.1, 0.15) is 11.4 Å². The van der Waals surface area contributed by atoms with E-state index in [1.807, 2.05) is 47.9 Å². The number of para-hydroxylation sites is 1. The number of hydrogen-bond acceptors (Lipinski definition) is 4. The Bertz CT molecular complexity index is 931. The minimum atomic E-state index is -0.0645. The van der Waals surface area contributed by atoms with Crippen LogP contribution in [-0.2, 0) is 11.2 Å². The topological polar surface area (TPSA) is 59.8 Å². The zero-order valence-electron chi connectivity index (χ0n) is 14.7. The van der Waals surface area contributed by atoms with Crippen molar-refractivity contribution in [2.24, 2.45) is 0 Å². The first-order valence-electron chi connectivity index (χ1n) is 8.35. The molecule has 0 saturated heterocycles. The summed E-state index contributed by atoms with van der Waals surface area (Å²) in [6.45, 7) is 2.39. The molecule has 27 heavy (non-hydrogen) atoms. The van der Waals surface area contributed by atoms with Gasteiger partial charge in [-0.05, 0) is 43.2 Å². The van der Waals surface area contributed by atoms with Gasteiger partial charge < -0.3 is 5.32 Å². The van der Waals surface area contributed by atoms with Crippen LogP contribution in [0.3, 0.4) is 0 Å². The van der Waals surface area contributed by atoms with Gasteiger partial charge in [0.05, 0.1) is 5.75 Å². The highest BCUT2D eigenvalue weighted by atomic mass is 35.5. The van der Waals surface area contributed by atoms with E-state index < -0.39 is 0 Å². The molecule has 0 unspecified atom stereocenters. The third-order valence-corrected chi connectivity index (χ3v) is 5.39. The fourth-order valence-corrected chi connectivity index (χ4v) is 3.88. The first-order chi connectivity index (χ1) is 13.0. The van der Waals surface area contributed by atoms with Crippen molar-refractivity contribution < 1.29 is 4.79 Å². The Hall–Kier alpha value is -2.02. The average molecular weight is 421 g/mol. The fourth-order valence-electron chi connectivity index (χ4n) is 2.55. The van der Waals surface area contributed by atoms with Gasteiger partial charge in [-0.1, -0.05) is 59.2 Å². The van der Waals surface area contributed by atoms with Crippen LogP contribution in [0.15, 0.2) is 53.7 Å². The lowest BCUT2D eigenvalue weighted by atomic mass is 10.1. The average Bonchev–Trinajstić information content (AvgIpc) is 3.03. The van der Waals surface area contributed by atoms with Crippen LogP contribution >= 0.6 is 35.0 Å². The molecule has 0 saturated carbocycles. The molecule has 1 aromatic heterocycles. The number of thioether (sulfide) groups is 1. The number of aromatic nitrogens is 3. The quantitative estimate of drug-likeness (QED) is 0.577. The number of aryl methyl sites for hydroxylation is 1. The molecule has 0 aliphatic rings. The maximum atomic E-state index is 12.2. The number of benzene rings is 2. The molecule has 140 valence electrons. The molecule has 0 atom stereocenters. The second-order valence-corrected chi connectivity index (χ2v) is 7.61. The van der Waals surface area contributed by atoms with Crippen molar-refractivity contribution in [2.45, 2.75) is 18.5 Å². The van der Waals surface area contributed by atoms with E-state index >= 15 is 0 Å². The summed E-state index contributed by atoms with van der Waals surface area (Å²) >= 11 is 13.4. The summed E-state index contributed by atoms with van der Waals surface area (Å²) in [5.74, 6) is 0.978. The molecular formula is C19H18Cl2N4OS. The number of halogens is 2. The first kappa shape index (κ1) is 19.7. The van der Waals surface area contributed by atoms with Crippen LogP contribution in [-0.4, -0.2) is 33.0 Å². The highest BCUT2D eigenvalue weighted by Crippen LogP contribution is 2.22. The molecule has 8 heteroatoms. The van der Waals surface area contributed by atoms with Crippen LogP contribution in [0.25, 0.3) is 5.69 Å². The van der Waals surface area contributed by atoms with E-state index in [1.54, 1.807) is 12.1 Å². The smallest absolute Gasteiger partial charge is 0.230 e. The molecule has 0 bridgehead atoms. The lowest BCUT2D eigenvalue weighted by molar-refractivity contribution is -0.118. The monoisotopic (exact) mass is 420 g/mol. The van der Waals surface area contributed by atoms with Gasteiger partial charge in [0, 0.05) is 22.3 Å².